The number of ether oxygens (including phenoxy) is 1. The molecule has 1 aromatic carbocycles. The van der Waals surface area contributed by atoms with Crippen LogP contribution in [0.3, 0.4) is 0 Å². The molecule has 1 N–H and O–H groups in total. The van der Waals surface area contributed by atoms with Gasteiger partial charge in [-0.1, -0.05) is 6.07 Å². The van der Waals surface area contributed by atoms with Crippen molar-refractivity contribution in [1.29, 1.82) is 0 Å². The predicted octanol–water partition coefficient (Wildman–Crippen LogP) is 2.06. The van der Waals surface area contributed by atoms with E-state index in [9.17, 15) is 4.79 Å². The maximum absolute atomic E-state index is 11.1. The molecular weight excluding hydrogens is 204 g/mol. The summed E-state index contributed by atoms with van der Waals surface area (Å²) in [6.07, 6.45) is 1.93. The van der Waals surface area contributed by atoms with Crippen LogP contribution in [0.1, 0.15) is 23.5 Å². The van der Waals surface area contributed by atoms with Crippen LogP contribution >= 0.6 is 0 Å². The third-order valence-corrected chi connectivity index (χ3v) is 4.02. The van der Waals surface area contributed by atoms with Gasteiger partial charge in [-0.2, -0.15) is 0 Å². The van der Waals surface area contributed by atoms with E-state index >= 15 is 0 Å². The number of rotatable bonds is 2. The maximum Gasteiger partial charge on any atom is 0.307 e. The Labute approximate surface area is 94.0 Å². The second kappa shape index (κ2) is 3.24. The fourth-order valence-electron chi connectivity index (χ4n) is 3.17. The standard InChI is InChI=1S/C13H14O3/c1-16-9-3-2-7-4-8-5-11(10(7)6-9)12(8)13(14)15/h2-3,6,8,11-12H,4-5H2,1H3,(H,14,15). The smallest absolute Gasteiger partial charge is 0.307 e. The summed E-state index contributed by atoms with van der Waals surface area (Å²) in [4.78, 5) is 11.1. The van der Waals surface area contributed by atoms with Crippen LogP contribution in [0, 0.1) is 11.8 Å². The molecule has 84 valence electrons. The van der Waals surface area contributed by atoms with Gasteiger partial charge in [0, 0.05) is 0 Å². The minimum Gasteiger partial charge on any atom is -0.497 e. The highest BCUT2D eigenvalue weighted by atomic mass is 16.5. The van der Waals surface area contributed by atoms with Gasteiger partial charge in [0.05, 0.1) is 13.0 Å². The van der Waals surface area contributed by atoms with Crippen molar-refractivity contribution in [2.75, 3.05) is 7.11 Å². The summed E-state index contributed by atoms with van der Waals surface area (Å²) in [5.41, 5.74) is 2.49. The van der Waals surface area contributed by atoms with Crippen molar-refractivity contribution >= 4 is 5.97 Å². The van der Waals surface area contributed by atoms with Crippen molar-refractivity contribution < 1.29 is 14.6 Å². The van der Waals surface area contributed by atoms with Crippen molar-refractivity contribution in [3.8, 4) is 5.75 Å². The predicted molar refractivity (Wildman–Crippen MR) is 58.7 cm³/mol. The fourth-order valence-corrected chi connectivity index (χ4v) is 3.17. The van der Waals surface area contributed by atoms with Crippen molar-refractivity contribution in [1.82, 2.24) is 0 Å². The quantitative estimate of drug-likeness (QED) is 0.826. The first kappa shape index (κ1) is 9.70. The fraction of sp³-hybridized carbons (Fsp3) is 0.462. The zero-order valence-electron chi connectivity index (χ0n) is 9.14. The van der Waals surface area contributed by atoms with Crippen LogP contribution < -0.4 is 4.74 Å². The van der Waals surface area contributed by atoms with E-state index in [1.165, 1.54) is 11.1 Å². The molecule has 3 atom stereocenters. The lowest BCUT2D eigenvalue weighted by Gasteiger charge is -2.48. The van der Waals surface area contributed by atoms with Gasteiger partial charge in [0.15, 0.2) is 0 Å². The zero-order chi connectivity index (χ0) is 11.3. The van der Waals surface area contributed by atoms with E-state index in [1.54, 1.807) is 7.11 Å². The first-order valence-corrected chi connectivity index (χ1v) is 5.60. The largest absolute Gasteiger partial charge is 0.497 e. The average molecular weight is 218 g/mol. The Balaban J connectivity index is 2.01. The highest BCUT2D eigenvalue weighted by Crippen LogP contribution is 2.54. The molecular formula is C13H14O3. The lowest BCUT2D eigenvalue weighted by molar-refractivity contribution is -0.150. The molecule has 3 aliphatic carbocycles. The Morgan fingerprint density at radius 1 is 1.50 bits per heavy atom. The lowest BCUT2D eigenvalue weighted by atomic mass is 9.55. The summed E-state index contributed by atoms with van der Waals surface area (Å²) in [6.45, 7) is 0. The molecule has 16 heavy (non-hydrogen) atoms. The second-order valence-electron chi connectivity index (χ2n) is 4.74. The molecule has 3 unspecified atom stereocenters. The third-order valence-electron chi connectivity index (χ3n) is 4.02. The van der Waals surface area contributed by atoms with E-state index < -0.39 is 5.97 Å². The number of carbonyl (C=O) groups is 1. The van der Waals surface area contributed by atoms with Gasteiger partial charge >= 0.3 is 5.97 Å². The van der Waals surface area contributed by atoms with E-state index in [1.807, 2.05) is 12.1 Å². The molecule has 1 saturated carbocycles. The Bertz CT molecular complexity index is 452. The molecule has 3 nitrogen and oxygen atoms in total. The number of benzene rings is 1. The third kappa shape index (κ3) is 1.17. The minimum atomic E-state index is -0.644. The monoisotopic (exact) mass is 218 g/mol. The minimum absolute atomic E-state index is 0.167. The van der Waals surface area contributed by atoms with Gasteiger partial charge < -0.3 is 9.84 Å². The number of methoxy groups -OCH3 is 1. The number of hydrogen-bond donors (Lipinski definition) is 1. The van der Waals surface area contributed by atoms with E-state index in [4.69, 9.17) is 9.84 Å². The van der Waals surface area contributed by atoms with Crippen molar-refractivity contribution in [3.63, 3.8) is 0 Å². The highest BCUT2D eigenvalue weighted by molar-refractivity contribution is 5.74. The summed E-state index contributed by atoms with van der Waals surface area (Å²) in [5, 5.41) is 9.16. The van der Waals surface area contributed by atoms with Crippen LogP contribution in [0.2, 0.25) is 0 Å². The summed E-state index contributed by atoms with van der Waals surface area (Å²) >= 11 is 0. The lowest BCUT2D eigenvalue weighted by Crippen LogP contribution is -2.45. The van der Waals surface area contributed by atoms with Crippen molar-refractivity contribution in [2.24, 2.45) is 11.8 Å². The molecule has 0 aliphatic heterocycles. The SMILES string of the molecule is COc1ccc2c(c1)C1CC(C2)C1C(=O)O. The summed E-state index contributed by atoms with van der Waals surface area (Å²) in [5.74, 6) is 0.576. The van der Waals surface area contributed by atoms with Crippen LogP contribution in [-0.2, 0) is 11.2 Å². The van der Waals surface area contributed by atoms with Gasteiger partial charge in [-0.15, -0.1) is 0 Å². The number of aliphatic carboxylic acids is 1. The van der Waals surface area contributed by atoms with Gasteiger partial charge in [-0.25, -0.2) is 0 Å². The van der Waals surface area contributed by atoms with E-state index in [2.05, 4.69) is 6.07 Å². The molecule has 0 aromatic heterocycles. The topological polar surface area (TPSA) is 46.5 Å². The number of carboxylic acids is 1. The molecule has 2 bridgehead atoms. The Hall–Kier alpha value is -1.51. The molecule has 0 amide bonds. The Morgan fingerprint density at radius 3 is 3.00 bits per heavy atom. The highest BCUT2D eigenvalue weighted by Gasteiger charge is 2.50. The molecule has 0 spiro atoms. The van der Waals surface area contributed by atoms with Gasteiger partial charge in [-0.05, 0) is 47.9 Å². The van der Waals surface area contributed by atoms with Gasteiger partial charge in [0.25, 0.3) is 0 Å². The van der Waals surface area contributed by atoms with Crippen LogP contribution in [0.5, 0.6) is 5.75 Å². The van der Waals surface area contributed by atoms with E-state index in [0.29, 0.717) is 5.92 Å². The van der Waals surface area contributed by atoms with E-state index in [0.717, 1.165) is 18.6 Å². The molecule has 0 saturated heterocycles. The second-order valence-corrected chi connectivity index (χ2v) is 4.74. The normalized spacial score (nSPS) is 30.2. The van der Waals surface area contributed by atoms with Crippen LogP contribution in [0.15, 0.2) is 18.2 Å². The van der Waals surface area contributed by atoms with Crippen molar-refractivity contribution in [3.05, 3.63) is 29.3 Å². The van der Waals surface area contributed by atoms with Crippen LogP contribution in [-0.4, -0.2) is 18.2 Å². The zero-order valence-corrected chi connectivity index (χ0v) is 9.14. The molecule has 3 heteroatoms. The Morgan fingerprint density at radius 2 is 2.31 bits per heavy atom. The molecule has 0 radical (unpaired) electrons. The number of carboxylic acid groups (broad SMARTS) is 1. The average Bonchev–Trinajstić information content (AvgIpc) is 2.26. The molecule has 0 heterocycles. The van der Waals surface area contributed by atoms with Gasteiger partial charge in [0.2, 0.25) is 0 Å². The summed E-state index contributed by atoms with van der Waals surface area (Å²) in [7, 11) is 1.64. The molecule has 3 aliphatic rings. The van der Waals surface area contributed by atoms with Crippen molar-refractivity contribution in [2.45, 2.75) is 18.8 Å². The first-order chi connectivity index (χ1) is 7.70. The summed E-state index contributed by atoms with van der Waals surface area (Å²) < 4.78 is 5.19. The van der Waals surface area contributed by atoms with Crippen LogP contribution in [0.4, 0.5) is 0 Å². The van der Waals surface area contributed by atoms with Gasteiger partial charge in [0.1, 0.15) is 5.75 Å². The number of hydrogen-bond acceptors (Lipinski definition) is 2. The molecule has 1 fully saturated rings. The van der Waals surface area contributed by atoms with Crippen LogP contribution in [0.25, 0.3) is 0 Å². The summed E-state index contributed by atoms with van der Waals surface area (Å²) in [6, 6.07) is 6.04. The molecule has 1 aromatic rings. The maximum atomic E-state index is 11.1. The molecule has 4 rings (SSSR count). The Kier molecular flexibility index (Phi) is 1.96. The van der Waals surface area contributed by atoms with E-state index in [-0.39, 0.29) is 11.8 Å². The van der Waals surface area contributed by atoms with Gasteiger partial charge in [-0.3, -0.25) is 4.79 Å². The first-order valence-electron chi connectivity index (χ1n) is 5.60.